The lowest BCUT2D eigenvalue weighted by Crippen LogP contribution is -2.12. The second kappa shape index (κ2) is 19.4. The fourth-order valence-electron chi connectivity index (χ4n) is 3.15. The van der Waals surface area contributed by atoms with Crippen LogP contribution in [0.1, 0.15) is 108 Å². The van der Waals surface area contributed by atoms with Gasteiger partial charge in [-0.1, -0.05) is 84.5 Å². The monoisotopic (exact) mass is 452 g/mol. The van der Waals surface area contributed by atoms with Crippen molar-refractivity contribution in [2.45, 2.75) is 97.3 Å². The summed E-state index contributed by atoms with van der Waals surface area (Å²) >= 11 is 0. The van der Waals surface area contributed by atoms with Crippen molar-refractivity contribution in [3.63, 3.8) is 0 Å². The van der Waals surface area contributed by atoms with E-state index in [-0.39, 0.29) is 12.2 Å². The molecule has 0 radical (unpaired) electrons. The Hall–Kier alpha value is -2.28. The van der Waals surface area contributed by atoms with Crippen LogP contribution in [0.3, 0.4) is 0 Å². The van der Waals surface area contributed by atoms with Crippen LogP contribution in [-0.4, -0.2) is 25.3 Å². The highest BCUT2D eigenvalue weighted by molar-refractivity contribution is 5.89. The molecule has 0 fully saturated rings. The Labute approximate surface area is 192 Å². The zero-order chi connectivity index (χ0) is 23.3. The molecule has 7 nitrogen and oxygen atoms in total. The first kappa shape index (κ1) is 27.8. The first-order chi connectivity index (χ1) is 15.7. The van der Waals surface area contributed by atoms with Gasteiger partial charge < -0.3 is 9.47 Å². The Bertz CT molecular complexity index is 601. The molecule has 1 aromatic rings. The summed E-state index contributed by atoms with van der Waals surface area (Å²) in [4.78, 5) is 32.0. The third-order valence-electron chi connectivity index (χ3n) is 4.99. The first-order valence-electron chi connectivity index (χ1n) is 12.1. The van der Waals surface area contributed by atoms with Gasteiger partial charge in [-0.15, -0.1) is 0 Å². The summed E-state index contributed by atoms with van der Waals surface area (Å²) in [5.74, 6) is -0.136. The normalized spacial score (nSPS) is 10.6. The third-order valence-corrected chi connectivity index (χ3v) is 4.99. The summed E-state index contributed by atoms with van der Waals surface area (Å²) in [6, 6.07) is 6.36. The number of hydrogen-bond acceptors (Lipinski definition) is 7. The molecule has 0 spiro atoms. The molecule has 182 valence electrons. The Morgan fingerprint density at radius 2 is 1.22 bits per heavy atom. The largest absolute Gasteiger partial charge is 0.543 e. The van der Waals surface area contributed by atoms with Gasteiger partial charge in [0.1, 0.15) is 5.75 Å². The summed E-state index contributed by atoms with van der Waals surface area (Å²) in [5.41, 5.74) is 0.238. The maximum absolute atomic E-state index is 11.8. The van der Waals surface area contributed by atoms with Gasteiger partial charge in [-0.25, -0.2) is 14.5 Å². The predicted molar refractivity (Wildman–Crippen MR) is 122 cm³/mol. The lowest BCUT2D eigenvalue weighted by Gasteiger charge is -2.06. The number of carbonyl (C=O) groups is 2. The molecular formula is C25H40O7. The molecule has 32 heavy (non-hydrogen) atoms. The van der Waals surface area contributed by atoms with E-state index >= 15 is 0 Å². The number of ether oxygens (including phenoxy) is 2. The molecule has 0 aliphatic carbocycles. The van der Waals surface area contributed by atoms with E-state index in [1.165, 1.54) is 69.9 Å². The van der Waals surface area contributed by atoms with E-state index in [4.69, 9.17) is 9.47 Å². The van der Waals surface area contributed by atoms with Crippen LogP contribution in [0.4, 0.5) is 4.79 Å². The smallest absolute Gasteiger partial charge is 0.494 e. The molecule has 0 aliphatic heterocycles. The van der Waals surface area contributed by atoms with Crippen molar-refractivity contribution < 1.29 is 33.9 Å². The molecule has 0 amide bonds. The zero-order valence-electron chi connectivity index (χ0n) is 19.8. The van der Waals surface area contributed by atoms with Crippen molar-refractivity contribution in [3.05, 3.63) is 29.8 Å². The highest BCUT2D eigenvalue weighted by Crippen LogP contribution is 2.14. The standard InChI is InChI=1S/C25H40O7/c1-3-5-6-7-8-9-10-11-12-13-14-15-21-29-25(27)31-32-30-24(26)22-16-18-23(19-17-22)28-20-4-2/h16-19H,3-15,20-21H2,1-2H3. The summed E-state index contributed by atoms with van der Waals surface area (Å²) in [7, 11) is 0. The van der Waals surface area contributed by atoms with Gasteiger partial charge >= 0.3 is 12.1 Å². The molecule has 1 rings (SSSR count). The van der Waals surface area contributed by atoms with E-state index in [0.29, 0.717) is 12.4 Å². The van der Waals surface area contributed by atoms with Gasteiger partial charge in [0.2, 0.25) is 0 Å². The van der Waals surface area contributed by atoms with Crippen LogP contribution in [0.2, 0.25) is 0 Å². The SMILES string of the molecule is CCCCCCCCCCCCCCOC(=O)OOOC(=O)c1ccc(OCCC)cc1. The summed E-state index contributed by atoms with van der Waals surface area (Å²) in [6.45, 7) is 5.09. The molecule has 0 N–H and O–H groups in total. The van der Waals surface area contributed by atoms with E-state index in [1.807, 2.05) is 6.92 Å². The maximum atomic E-state index is 11.8. The fraction of sp³-hybridized carbons (Fsp3) is 0.680. The second-order valence-electron chi connectivity index (χ2n) is 7.88. The van der Waals surface area contributed by atoms with Gasteiger partial charge in [-0.3, -0.25) is 4.89 Å². The van der Waals surface area contributed by atoms with E-state index in [1.54, 1.807) is 12.1 Å². The van der Waals surface area contributed by atoms with Gasteiger partial charge in [0.05, 0.1) is 23.8 Å². The van der Waals surface area contributed by atoms with Crippen LogP contribution in [-0.2, 0) is 19.6 Å². The van der Waals surface area contributed by atoms with Crippen molar-refractivity contribution in [2.75, 3.05) is 13.2 Å². The molecule has 0 aromatic heterocycles. The van der Waals surface area contributed by atoms with Crippen LogP contribution in [0.25, 0.3) is 0 Å². The van der Waals surface area contributed by atoms with Crippen LogP contribution >= 0.6 is 0 Å². The first-order valence-corrected chi connectivity index (χ1v) is 12.1. The van der Waals surface area contributed by atoms with E-state index < -0.39 is 12.1 Å². The zero-order valence-corrected chi connectivity index (χ0v) is 19.8. The quantitative estimate of drug-likeness (QED) is 0.0940. The van der Waals surface area contributed by atoms with Crippen LogP contribution in [0.15, 0.2) is 24.3 Å². The molecule has 0 aliphatic rings. The minimum atomic E-state index is -1.04. The Balaban J connectivity index is 1.94. The maximum Gasteiger partial charge on any atom is 0.543 e. The number of unbranched alkanes of at least 4 members (excludes halogenated alkanes) is 11. The number of hydrogen-bond donors (Lipinski definition) is 0. The third kappa shape index (κ3) is 14.7. The molecule has 0 unspecified atom stereocenters. The lowest BCUT2D eigenvalue weighted by atomic mass is 10.1. The van der Waals surface area contributed by atoms with E-state index in [2.05, 4.69) is 21.7 Å². The highest BCUT2D eigenvalue weighted by Gasteiger charge is 2.12. The summed E-state index contributed by atoms with van der Waals surface area (Å²) in [6.07, 6.45) is 14.6. The average molecular weight is 453 g/mol. The van der Waals surface area contributed by atoms with Crippen LogP contribution < -0.4 is 4.74 Å². The lowest BCUT2D eigenvalue weighted by molar-refractivity contribution is -0.452. The van der Waals surface area contributed by atoms with Crippen molar-refractivity contribution in [1.29, 1.82) is 0 Å². The van der Waals surface area contributed by atoms with Crippen LogP contribution in [0.5, 0.6) is 5.75 Å². The highest BCUT2D eigenvalue weighted by atomic mass is 17.5. The molecule has 0 bridgehead atoms. The molecule has 0 atom stereocenters. The Morgan fingerprint density at radius 3 is 1.78 bits per heavy atom. The molecule has 7 heteroatoms. The Kier molecular flexibility index (Phi) is 16.8. The van der Waals surface area contributed by atoms with E-state index in [0.717, 1.165) is 25.7 Å². The summed E-state index contributed by atoms with van der Waals surface area (Å²) in [5, 5.41) is 4.22. The van der Waals surface area contributed by atoms with Gasteiger partial charge in [-0.2, -0.15) is 0 Å². The van der Waals surface area contributed by atoms with Gasteiger partial charge in [0.15, 0.2) is 0 Å². The number of benzene rings is 1. The second-order valence-corrected chi connectivity index (χ2v) is 7.88. The minimum Gasteiger partial charge on any atom is -0.494 e. The topological polar surface area (TPSA) is 80.3 Å². The van der Waals surface area contributed by atoms with Crippen molar-refractivity contribution in [1.82, 2.24) is 0 Å². The van der Waals surface area contributed by atoms with Crippen LogP contribution in [0, 0.1) is 0 Å². The Morgan fingerprint density at radius 1 is 0.656 bits per heavy atom. The fourth-order valence-corrected chi connectivity index (χ4v) is 3.15. The molecule has 0 saturated carbocycles. The van der Waals surface area contributed by atoms with Gasteiger partial charge in [0, 0.05) is 0 Å². The van der Waals surface area contributed by atoms with Gasteiger partial charge in [-0.05, 0) is 37.1 Å². The predicted octanol–water partition coefficient (Wildman–Crippen LogP) is 7.33. The minimum absolute atomic E-state index is 0.238. The molecule has 0 saturated heterocycles. The number of rotatable bonds is 19. The number of carbonyl (C=O) groups excluding carboxylic acids is 2. The van der Waals surface area contributed by atoms with Crippen molar-refractivity contribution in [3.8, 4) is 5.75 Å². The van der Waals surface area contributed by atoms with Crippen molar-refractivity contribution in [2.24, 2.45) is 0 Å². The molecule has 1 aromatic carbocycles. The average Bonchev–Trinajstić information content (AvgIpc) is 2.81. The van der Waals surface area contributed by atoms with Gasteiger partial charge in [0.25, 0.3) is 0 Å². The molecular weight excluding hydrogens is 412 g/mol. The van der Waals surface area contributed by atoms with E-state index in [9.17, 15) is 9.59 Å². The van der Waals surface area contributed by atoms with Crippen molar-refractivity contribution >= 4 is 12.1 Å². The summed E-state index contributed by atoms with van der Waals surface area (Å²) < 4.78 is 10.3. The molecule has 0 heterocycles.